The maximum absolute atomic E-state index is 13.6. The summed E-state index contributed by atoms with van der Waals surface area (Å²) >= 11 is 3.07. The summed E-state index contributed by atoms with van der Waals surface area (Å²) in [6.45, 7) is 1.83. The zero-order valence-electron chi connectivity index (χ0n) is 9.95. The Bertz CT molecular complexity index is 622. The van der Waals surface area contributed by atoms with Crippen molar-refractivity contribution in [3.8, 4) is 11.6 Å². The molecule has 2 rings (SSSR count). The Morgan fingerprint density at radius 3 is 2.74 bits per heavy atom. The molecule has 0 aliphatic heterocycles. The standard InChI is InChI=1S/C12H10BrF2N3O/c1-2-7-11(16)17-5-18-12(7)19-9-4-6(13)3-8(14)10(9)15/h3-5H,2H2,1H3,(H2,16,17,18). The largest absolute Gasteiger partial charge is 0.435 e. The van der Waals surface area contributed by atoms with Gasteiger partial charge in [-0.1, -0.05) is 22.9 Å². The van der Waals surface area contributed by atoms with Crippen molar-refractivity contribution in [2.24, 2.45) is 0 Å². The monoisotopic (exact) mass is 329 g/mol. The summed E-state index contributed by atoms with van der Waals surface area (Å²) in [5.41, 5.74) is 6.22. The fourth-order valence-electron chi connectivity index (χ4n) is 1.54. The molecule has 1 aromatic heterocycles. The highest BCUT2D eigenvalue weighted by Crippen LogP contribution is 2.31. The van der Waals surface area contributed by atoms with Crippen LogP contribution >= 0.6 is 15.9 Å². The van der Waals surface area contributed by atoms with Crippen molar-refractivity contribution in [2.45, 2.75) is 13.3 Å². The average Bonchev–Trinajstić information content (AvgIpc) is 2.35. The molecule has 4 nitrogen and oxygen atoms in total. The number of hydrogen-bond acceptors (Lipinski definition) is 4. The number of anilines is 1. The molecule has 1 aromatic carbocycles. The lowest BCUT2D eigenvalue weighted by Crippen LogP contribution is -2.03. The molecule has 0 fully saturated rings. The molecule has 0 aliphatic rings. The van der Waals surface area contributed by atoms with E-state index in [4.69, 9.17) is 10.5 Å². The molecule has 2 aromatic rings. The second kappa shape index (κ2) is 5.48. The molecule has 7 heteroatoms. The summed E-state index contributed by atoms with van der Waals surface area (Å²) in [6.07, 6.45) is 1.72. The molecule has 0 spiro atoms. The van der Waals surface area contributed by atoms with E-state index in [1.807, 2.05) is 6.92 Å². The van der Waals surface area contributed by atoms with Crippen LogP contribution < -0.4 is 10.5 Å². The van der Waals surface area contributed by atoms with Gasteiger partial charge < -0.3 is 10.5 Å². The molecular formula is C12H10BrF2N3O. The van der Waals surface area contributed by atoms with E-state index >= 15 is 0 Å². The van der Waals surface area contributed by atoms with E-state index in [1.54, 1.807) is 0 Å². The number of rotatable bonds is 3. The van der Waals surface area contributed by atoms with Gasteiger partial charge in [-0.3, -0.25) is 0 Å². The van der Waals surface area contributed by atoms with Crippen LogP contribution in [0, 0.1) is 11.6 Å². The van der Waals surface area contributed by atoms with Crippen LogP contribution in [0.5, 0.6) is 11.6 Å². The smallest absolute Gasteiger partial charge is 0.227 e. The van der Waals surface area contributed by atoms with Gasteiger partial charge in [0.1, 0.15) is 12.1 Å². The number of hydrogen-bond donors (Lipinski definition) is 1. The lowest BCUT2D eigenvalue weighted by Gasteiger charge is -2.11. The normalized spacial score (nSPS) is 10.5. The van der Waals surface area contributed by atoms with Gasteiger partial charge in [-0.05, 0) is 18.6 Å². The highest BCUT2D eigenvalue weighted by atomic mass is 79.9. The SMILES string of the molecule is CCc1c(N)ncnc1Oc1cc(Br)cc(F)c1F. The average molecular weight is 330 g/mol. The molecule has 19 heavy (non-hydrogen) atoms. The molecule has 2 N–H and O–H groups in total. The van der Waals surface area contributed by atoms with Gasteiger partial charge in [0.05, 0.1) is 5.56 Å². The molecular weight excluding hydrogens is 320 g/mol. The van der Waals surface area contributed by atoms with Gasteiger partial charge in [0.2, 0.25) is 11.7 Å². The molecule has 0 unspecified atom stereocenters. The molecule has 0 saturated heterocycles. The van der Waals surface area contributed by atoms with E-state index in [0.29, 0.717) is 16.5 Å². The second-order valence-electron chi connectivity index (χ2n) is 3.70. The maximum Gasteiger partial charge on any atom is 0.227 e. The Morgan fingerprint density at radius 1 is 1.32 bits per heavy atom. The molecule has 0 saturated carbocycles. The molecule has 0 amide bonds. The van der Waals surface area contributed by atoms with Gasteiger partial charge in [0.15, 0.2) is 11.6 Å². The highest BCUT2D eigenvalue weighted by Gasteiger charge is 2.15. The lowest BCUT2D eigenvalue weighted by atomic mass is 10.2. The Labute approximate surface area is 116 Å². The Balaban J connectivity index is 2.45. The van der Waals surface area contributed by atoms with Gasteiger partial charge in [0, 0.05) is 4.47 Å². The highest BCUT2D eigenvalue weighted by molar-refractivity contribution is 9.10. The molecule has 1 heterocycles. The third-order valence-electron chi connectivity index (χ3n) is 2.46. The van der Waals surface area contributed by atoms with Crippen molar-refractivity contribution in [3.05, 3.63) is 40.1 Å². The summed E-state index contributed by atoms with van der Waals surface area (Å²) in [4.78, 5) is 7.71. The quantitative estimate of drug-likeness (QED) is 0.876. The molecule has 0 aliphatic carbocycles. The Hall–Kier alpha value is -1.76. The molecule has 0 atom stereocenters. The number of aromatic nitrogens is 2. The van der Waals surface area contributed by atoms with Gasteiger partial charge in [-0.15, -0.1) is 0 Å². The van der Waals surface area contributed by atoms with Crippen LogP contribution in [0.15, 0.2) is 22.9 Å². The van der Waals surface area contributed by atoms with E-state index in [1.165, 1.54) is 12.4 Å². The first-order valence-corrected chi connectivity index (χ1v) is 6.24. The number of benzene rings is 1. The fourth-order valence-corrected chi connectivity index (χ4v) is 1.95. The minimum atomic E-state index is -1.08. The lowest BCUT2D eigenvalue weighted by molar-refractivity contribution is 0.401. The minimum Gasteiger partial charge on any atom is -0.435 e. The fraction of sp³-hybridized carbons (Fsp3) is 0.167. The van der Waals surface area contributed by atoms with E-state index in [-0.39, 0.29) is 17.4 Å². The van der Waals surface area contributed by atoms with Crippen molar-refractivity contribution < 1.29 is 13.5 Å². The third-order valence-corrected chi connectivity index (χ3v) is 2.92. The molecule has 0 radical (unpaired) electrons. The summed E-state index contributed by atoms with van der Waals surface area (Å²) in [5, 5.41) is 0. The van der Waals surface area contributed by atoms with Crippen LogP contribution in [0.3, 0.4) is 0 Å². The summed E-state index contributed by atoms with van der Waals surface area (Å²) < 4.78 is 32.5. The van der Waals surface area contributed by atoms with Crippen molar-refractivity contribution >= 4 is 21.7 Å². The number of nitrogens with two attached hydrogens (primary N) is 1. The number of ether oxygens (including phenoxy) is 1. The predicted octanol–water partition coefficient (Wildman–Crippen LogP) is 3.45. The zero-order valence-corrected chi connectivity index (χ0v) is 11.5. The van der Waals surface area contributed by atoms with E-state index in [9.17, 15) is 8.78 Å². The van der Waals surface area contributed by atoms with Crippen LogP contribution in [-0.4, -0.2) is 9.97 Å². The summed E-state index contributed by atoms with van der Waals surface area (Å²) in [7, 11) is 0. The maximum atomic E-state index is 13.6. The number of nitrogens with zero attached hydrogens (tertiary/aromatic N) is 2. The van der Waals surface area contributed by atoms with Gasteiger partial charge >= 0.3 is 0 Å². The molecule has 100 valence electrons. The van der Waals surface area contributed by atoms with Crippen LogP contribution in [0.25, 0.3) is 0 Å². The first-order chi connectivity index (χ1) is 9.02. The van der Waals surface area contributed by atoms with Crippen LogP contribution in [0.4, 0.5) is 14.6 Å². The number of nitrogen functional groups attached to an aromatic ring is 1. The number of halogens is 3. The second-order valence-corrected chi connectivity index (χ2v) is 4.61. The predicted molar refractivity (Wildman–Crippen MR) is 70.0 cm³/mol. The van der Waals surface area contributed by atoms with E-state index in [0.717, 1.165) is 6.07 Å². The van der Waals surface area contributed by atoms with Crippen molar-refractivity contribution in [3.63, 3.8) is 0 Å². The third kappa shape index (κ3) is 2.81. The molecule has 0 bridgehead atoms. The van der Waals surface area contributed by atoms with Crippen molar-refractivity contribution in [1.82, 2.24) is 9.97 Å². The van der Waals surface area contributed by atoms with E-state index < -0.39 is 11.6 Å². The van der Waals surface area contributed by atoms with Crippen LogP contribution in [0.1, 0.15) is 12.5 Å². The summed E-state index contributed by atoms with van der Waals surface area (Å²) in [5.74, 6) is -1.98. The van der Waals surface area contributed by atoms with Gasteiger partial charge in [-0.25, -0.2) is 14.4 Å². The van der Waals surface area contributed by atoms with Gasteiger partial charge in [0.25, 0.3) is 0 Å². The summed E-state index contributed by atoms with van der Waals surface area (Å²) in [6, 6.07) is 2.33. The zero-order chi connectivity index (χ0) is 14.0. The Morgan fingerprint density at radius 2 is 2.05 bits per heavy atom. The van der Waals surface area contributed by atoms with Crippen molar-refractivity contribution in [2.75, 3.05) is 5.73 Å². The Kier molecular flexibility index (Phi) is 3.94. The van der Waals surface area contributed by atoms with Crippen molar-refractivity contribution in [1.29, 1.82) is 0 Å². The first kappa shape index (κ1) is 13.7. The minimum absolute atomic E-state index is 0.117. The van der Waals surface area contributed by atoms with Gasteiger partial charge in [-0.2, -0.15) is 4.39 Å². The topological polar surface area (TPSA) is 61.0 Å². The van der Waals surface area contributed by atoms with Crippen LogP contribution in [0.2, 0.25) is 0 Å². The van der Waals surface area contributed by atoms with E-state index in [2.05, 4.69) is 25.9 Å². The first-order valence-electron chi connectivity index (χ1n) is 5.44. The van der Waals surface area contributed by atoms with Crippen LogP contribution in [-0.2, 0) is 6.42 Å².